The van der Waals surface area contributed by atoms with Crippen molar-refractivity contribution in [3.05, 3.63) is 70.8 Å². The summed E-state index contributed by atoms with van der Waals surface area (Å²) in [7, 11) is 0. The molecule has 0 radical (unpaired) electrons. The number of amides is 1. The van der Waals surface area contributed by atoms with E-state index < -0.39 is 66.1 Å². The van der Waals surface area contributed by atoms with Gasteiger partial charge in [0.05, 0.1) is 12.5 Å². The molecule has 1 atom stereocenters. The van der Waals surface area contributed by atoms with Gasteiger partial charge in [-0.15, -0.1) is 0 Å². The van der Waals surface area contributed by atoms with Crippen LogP contribution in [0.1, 0.15) is 35.6 Å². The Bertz CT molecular complexity index is 879. The highest BCUT2D eigenvalue weighted by atomic mass is 19.4. The Morgan fingerprint density at radius 3 is 2.00 bits per heavy atom. The van der Waals surface area contributed by atoms with Crippen molar-refractivity contribution in [3.63, 3.8) is 0 Å². The van der Waals surface area contributed by atoms with Crippen LogP contribution in [0.15, 0.2) is 42.5 Å². The van der Waals surface area contributed by atoms with Gasteiger partial charge in [-0.2, -0.15) is 22.0 Å². The first-order valence-corrected chi connectivity index (χ1v) is 8.38. The second kappa shape index (κ2) is 8.97. The summed E-state index contributed by atoms with van der Waals surface area (Å²) in [5.74, 6) is -7.93. The molecule has 11 heteroatoms. The van der Waals surface area contributed by atoms with Crippen LogP contribution in [0.25, 0.3) is 0 Å². The number of hydrogen-bond donors (Lipinski definition) is 1. The highest BCUT2D eigenvalue weighted by Crippen LogP contribution is 2.37. The Morgan fingerprint density at radius 2 is 1.47 bits per heavy atom. The lowest BCUT2D eigenvalue weighted by Crippen LogP contribution is -2.31. The van der Waals surface area contributed by atoms with Gasteiger partial charge in [0.15, 0.2) is 0 Å². The minimum Gasteiger partial charge on any atom is -0.345 e. The molecule has 0 aromatic heterocycles. The van der Waals surface area contributed by atoms with Gasteiger partial charge in [0, 0.05) is 12.0 Å². The Balaban J connectivity index is 2.45. The predicted molar refractivity (Wildman–Crippen MR) is 88.0 cm³/mol. The summed E-state index contributed by atoms with van der Waals surface area (Å²) in [6.45, 7) is 0. The molecule has 2 aromatic rings. The molecule has 1 amide bonds. The molecular weight excluding hydrogens is 429 g/mol. The smallest absolute Gasteiger partial charge is 0.345 e. The zero-order chi connectivity index (χ0) is 22.7. The highest BCUT2D eigenvalue weighted by molar-refractivity contribution is 5.77. The highest BCUT2D eigenvalue weighted by Gasteiger charge is 2.43. The maximum Gasteiger partial charge on any atom is 0.389 e. The Labute approximate surface area is 164 Å². The number of alkyl halides is 7. The van der Waals surface area contributed by atoms with Crippen LogP contribution in [0, 0.1) is 11.6 Å². The fraction of sp³-hybridized carbons (Fsp3) is 0.316. The van der Waals surface area contributed by atoms with Crippen LogP contribution in [0.3, 0.4) is 0 Å². The average Bonchev–Trinajstić information content (AvgIpc) is 2.64. The zero-order valence-electron chi connectivity index (χ0n) is 14.9. The van der Waals surface area contributed by atoms with Crippen LogP contribution < -0.4 is 5.32 Å². The zero-order valence-corrected chi connectivity index (χ0v) is 14.9. The molecule has 0 saturated heterocycles. The first kappa shape index (κ1) is 23.6. The third-order valence-electron chi connectivity index (χ3n) is 4.06. The minimum atomic E-state index is -4.72. The van der Waals surface area contributed by atoms with Crippen molar-refractivity contribution in [3.8, 4) is 0 Å². The van der Waals surface area contributed by atoms with Crippen LogP contribution in [0.2, 0.25) is 0 Å². The summed E-state index contributed by atoms with van der Waals surface area (Å²) < 4.78 is 117. The maximum absolute atomic E-state index is 13.9. The van der Waals surface area contributed by atoms with Crippen molar-refractivity contribution in [1.82, 2.24) is 5.32 Å². The van der Waals surface area contributed by atoms with E-state index in [-0.39, 0.29) is 11.6 Å². The molecule has 164 valence electrons. The number of carbonyl (C=O) groups is 1. The normalized spacial score (nSPS) is 13.4. The predicted octanol–water partition coefficient (Wildman–Crippen LogP) is 5.87. The molecular formula is C19H14F9NO. The van der Waals surface area contributed by atoms with E-state index in [0.717, 1.165) is 24.3 Å². The lowest BCUT2D eigenvalue weighted by molar-refractivity contribution is -0.144. The van der Waals surface area contributed by atoms with Gasteiger partial charge < -0.3 is 5.32 Å². The Hall–Kier alpha value is -2.72. The molecule has 30 heavy (non-hydrogen) atoms. The lowest BCUT2D eigenvalue weighted by Gasteiger charge is -2.23. The van der Waals surface area contributed by atoms with E-state index in [1.165, 1.54) is 0 Å². The fourth-order valence-corrected chi connectivity index (χ4v) is 2.60. The number of nitrogens with one attached hydrogen (secondary N) is 1. The fourth-order valence-electron chi connectivity index (χ4n) is 2.60. The van der Waals surface area contributed by atoms with E-state index in [1.807, 2.05) is 0 Å². The van der Waals surface area contributed by atoms with E-state index in [2.05, 4.69) is 5.32 Å². The molecule has 0 aliphatic rings. The van der Waals surface area contributed by atoms with E-state index >= 15 is 0 Å². The van der Waals surface area contributed by atoms with Crippen molar-refractivity contribution in [1.29, 1.82) is 0 Å². The van der Waals surface area contributed by atoms with Gasteiger partial charge in [-0.1, -0.05) is 12.1 Å². The first-order chi connectivity index (χ1) is 13.8. The molecule has 0 aliphatic heterocycles. The molecule has 0 saturated carbocycles. The SMILES string of the molecule is O=C(CCC(F)(F)F)NC(c1ccc(F)cc1)c1cc(F)cc(C(F)(F)C(F)F)c1. The van der Waals surface area contributed by atoms with E-state index in [1.54, 1.807) is 0 Å². The summed E-state index contributed by atoms with van der Waals surface area (Å²) in [5, 5.41) is 2.12. The quantitative estimate of drug-likeness (QED) is 0.533. The third kappa shape index (κ3) is 6.14. The van der Waals surface area contributed by atoms with Crippen molar-refractivity contribution < 1.29 is 44.3 Å². The second-order valence-electron chi connectivity index (χ2n) is 6.36. The molecule has 2 aromatic carbocycles. The van der Waals surface area contributed by atoms with Gasteiger partial charge in [-0.3, -0.25) is 4.79 Å². The van der Waals surface area contributed by atoms with Gasteiger partial charge in [0.1, 0.15) is 11.6 Å². The Morgan fingerprint density at radius 1 is 0.867 bits per heavy atom. The third-order valence-corrected chi connectivity index (χ3v) is 4.06. The summed E-state index contributed by atoms with van der Waals surface area (Å²) in [6, 6.07) is 3.85. The summed E-state index contributed by atoms with van der Waals surface area (Å²) in [6.07, 6.45) is -11.3. The number of carbonyl (C=O) groups excluding carboxylic acids is 1. The topological polar surface area (TPSA) is 29.1 Å². The van der Waals surface area contributed by atoms with Crippen molar-refractivity contribution in [2.45, 2.75) is 37.4 Å². The number of hydrogen-bond acceptors (Lipinski definition) is 1. The van der Waals surface area contributed by atoms with E-state index in [0.29, 0.717) is 12.1 Å². The van der Waals surface area contributed by atoms with Crippen LogP contribution in [-0.4, -0.2) is 18.5 Å². The molecule has 2 nitrogen and oxygen atoms in total. The molecule has 2 rings (SSSR count). The van der Waals surface area contributed by atoms with Gasteiger partial charge in [0.25, 0.3) is 0 Å². The molecule has 0 aliphatic carbocycles. The number of halogens is 9. The summed E-state index contributed by atoms with van der Waals surface area (Å²) in [5.41, 5.74) is -1.81. The molecule has 0 fully saturated rings. The van der Waals surface area contributed by atoms with Gasteiger partial charge >= 0.3 is 18.5 Å². The summed E-state index contributed by atoms with van der Waals surface area (Å²) >= 11 is 0. The van der Waals surface area contributed by atoms with Gasteiger partial charge in [-0.25, -0.2) is 17.6 Å². The van der Waals surface area contributed by atoms with Crippen LogP contribution >= 0.6 is 0 Å². The largest absolute Gasteiger partial charge is 0.389 e. The van der Waals surface area contributed by atoms with Crippen LogP contribution in [0.5, 0.6) is 0 Å². The van der Waals surface area contributed by atoms with Crippen LogP contribution in [0.4, 0.5) is 39.5 Å². The number of benzene rings is 2. The van der Waals surface area contributed by atoms with E-state index in [4.69, 9.17) is 0 Å². The van der Waals surface area contributed by atoms with Crippen molar-refractivity contribution in [2.24, 2.45) is 0 Å². The van der Waals surface area contributed by atoms with Gasteiger partial charge in [0.2, 0.25) is 5.91 Å². The summed E-state index contributed by atoms with van der Waals surface area (Å²) in [4.78, 5) is 11.9. The molecule has 1 N–H and O–H groups in total. The minimum absolute atomic E-state index is 0.00803. The molecule has 1 unspecified atom stereocenters. The second-order valence-corrected chi connectivity index (χ2v) is 6.36. The van der Waals surface area contributed by atoms with E-state index in [9.17, 15) is 44.3 Å². The standard InChI is InChI=1S/C19H14F9NO/c20-13-3-1-10(2-4-13)16(29-15(30)5-6-18(24,25)26)11-7-12(9-14(21)8-11)19(27,28)17(22)23/h1-4,7-9,16-17H,5-6H2,(H,29,30). The Kier molecular flexibility index (Phi) is 7.04. The van der Waals surface area contributed by atoms with Crippen molar-refractivity contribution in [2.75, 3.05) is 0 Å². The number of rotatable bonds is 7. The van der Waals surface area contributed by atoms with Crippen LogP contribution in [-0.2, 0) is 10.7 Å². The monoisotopic (exact) mass is 443 g/mol. The average molecular weight is 443 g/mol. The lowest BCUT2D eigenvalue weighted by atomic mass is 9.95. The van der Waals surface area contributed by atoms with Gasteiger partial charge in [-0.05, 0) is 41.5 Å². The van der Waals surface area contributed by atoms with Crippen molar-refractivity contribution >= 4 is 5.91 Å². The molecule has 0 bridgehead atoms. The maximum atomic E-state index is 13.9. The molecule has 0 spiro atoms. The molecule has 0 heterocycles. The first-order valence-electron chi connectivity index (χ1n) is 8.38.